The van der Waals surface area contributed by atoms with Gasteiger partial charge >= 0.3 is 0 Å². The lowest BCUT2D eigenvalue weighted by Gasteiger charge is -2.23. The molecule has 0 bridgehead atoms. The van der Waals surface area contributed by atoms with Crippen molar-refractivity contribution in [2.75, 3.05) is 6.54 Å². The molecule has 1 fully saturated rings. The molecule has 2 aliphatic rings. The molecule has 136 valence electrons. The first-order valence-corrected chi connectivity index (χ1v) is 10.1. The van der Waals surface area contributed by atoms with Crippen LogP contribution in [0.25, 0.3) is 6.08 Å². The normalized spacial score (nSPS) is 20.5. The molecule has 0 saturated carbocycles. The highest BCUT2D eigenvalue weighted by atomic mass is 32.2. The Morgan fingerprint density at radius 3 is 2.70 bits per heavy atom. The predicted molar refractivity (Wildman–Crippen MR) is 115 cm³/mol. The third-order valence-corrected chi connectivity index (χ3v) is 6.03. The van der Waals surface area contributed by atoms with Gasteiger partial charge in [0.25, 0.3) is 5.91 Å². The number of benzene rings is 2. The summed E-state index contributed by atoms with van der Waals surface area (Å²) in [6.45, 7) is 2.59. The highest BCUT2D eigenvalue weighted by Gasteiger charge is 2.32. The zero-order valence-corrected chi connectivity index (χ0v) is 16.6. The quantitative estimate of drug-likeness (QED) is 0.549. The average Bonchev–Trinajstić information content (AvgIpc) is 2.94. The molecule has 2 aromatic carbocycles. The van der Waals surface area contributed by atoms with Crippen molar-refractivity contribution < 1.29 is 9.53 Å². The second kappa shape index (κ2) is 7.71. The van der Waals surface area contributed by atoms with Gasteiger partial charge in [0.1, 0.15) is 16.2 Å². The second-order valence-electron chi connectivity index (χ2n) is 6.51. The molecule has 0 spiro atoms. The van der Waals surface area contributed by atoms with Crippen LogP contribution in [0.3, 0.4) is 0 Å². The van der Waals surface area contributed by atoms with E-state index < -0.39 is 0 Å². The number of fused-ring (bicyclic) bond motifs is 1. The number of nitrogens with zero attached hydrogens (tertiary/aromatic N) is 1. The van der Waals surface area contributed by atoms with Crippen LogP contribution in [0.2, 0.25) is 0 Å². The maximum absolute atomic E-state index is 12.8. The molecule has 2 aliphatic heterocycles. The molecule has 0 aliphatic carbocycles. The largest absolute Gasteiger partial charge is 0.485 e. The summed E-state index contributed by atoms with van der Waals surface area (Å²) < 4.78 is 6.59. The van der Waals surface area contributed by atoms with Crippen molar-refractivity contribution in [2.45, 2.75) is 19.4 Å². The Balaban J connectivity index is 1.52. The molecule has 4 rings (SSSR count). The molecule has 0 radical (unpaired) electrons. The lowest BCUT2D eigenvalue weighted by atomic mass is 10.0. The van der Waals surface area contributed by atoms with Crippen LogP contribution in [0.4, 0.5) is 0 Å². The number of thiocarbonyl (C=S) groups is 1. The smallest absolute Gasteiger partial charge is 0.266 e. The molecule has 0 aromatic heterocycles. The van der Waals surface area contributed by atoms with Crippen LogP contribution >= 0.6 is 24.0 Å². The summed E-state index contributed by atoms with van der Waals surface area (Å²) in [5, 5.41) is 0. The first kappa shape index (κ1) is 18.0. The van der Waals surface area contributed by atoms with Gasteiger partial charge in [0, 0.05) is 12.1 Å². The molecule has 1 unspecified atom stereocenters. The van der Waals surface area contributed by atoms with Crippen LogP contribution in [-0.4, -0.2) is 27.8 Å². The minimum atomic E-state index is -0.104. The number of thioether (sulfide) groups is 1. The summed E-state index contributed by atoms with van der Waals surface area (Å²) in [5.74, 6) is 0.852. The number of carbonyl (C=O) groups is 1. The molecule has 2 aromatic rings. The topological polar surface area (TPSA) is 29.5 Å². The van der Waals surface area contributed by atoms with Crippen LogP contribution in [0.5, 0.6) is 5.75 Å². The zero-order chi connectivity index (χ0) is 18.8. The molecule has 3 nitrogen and oxygen atoms in total. The van der Waals surface area contributed by atoms with Crippen molar-refractivity contribution in [1.29, 1.82) is 0 Å². The van der Waals surface area contributed by atoms with E-state index in [0.29, 0.717) is 15.8 Å². The molecule has 5 heteroatoms. The molecule has 1 amide bonds. The molecule has 0 N–H and O–H groups in total. The molecular weight excluding hydrogens is 374 g/mol. The fourth-order valence-electron chi connectivity index (χ4n) is 3.15. The third-order valence-electron chi connectivity index (χ3n) is 4.65. The summed E-state index contributed by atoms with van der Waals surface area (Å²) in [4.78, 5) is 15.2. The average molecular weight is 394 g/mol. The molecular formula is C22H19NO2S2. The maximum Gasteiger partial charge on any atom is 0.266 e. The van der Waals surface area contributed by atoms with E-state index in [-0.39, 0.29) is 12.0 Å². The van der Waals surface area contributed by atoms with Gasteiger partial charge in [0.15, 0.2) is 0 Å². The van der Waals surface area contributed by atoms with E-state index in [0.717, 1.165) is 23.3 Å². The van der Waals surface area contributed by atoms with Crippen LogP contribution in [0, 0.1) is 0 Å². The molecule has 1 saturated heterocycles. The number of hydrogen-bond donors (Lipinski definition) is 0. The summed E-state index contributed by atoms with van der Waals surface area (Å²) in [6.07, 6.45) is 4.69. The number of rotatable bonds is 4. The highest BCUT2D eigenvalue weighted by molar-refractivity contribution is 8.26. The monoisotopic (exact) mass is 393 g/mol. The van der Waals surface area contributed by atoms with Crippen molar-refractivity contribution in [3.8, 4) is 5.75 Å². The molecule has 2 heterocycles. The molecule has 27 heavy (non-hydrogen) atoms. The van der Waals surface area contributed by atoms with Gasteiger partial charge in [-0.25, -0.2) is 0 Å². The van der Waals surface area contributed by atoms with Gasteiger partial charge in [-0.3, -0.25) is 9.69 Å². The van der Waals surface area contributed by atoms with Gasteiger partial charge in [-0.1, -0.05) is 72.5 Å². The Hall–Kier alpha value is -2.37. The summed E-state index contributed by atoms with van der Waals surface area (Å²) in [6, 6.07) is 18.1. The predicted octanol–water partition coefficient (Wildman–Crippen LogP) is 4.84. The van der Waals surface area contributed by atoms with E-state index >= 15 is 0 Å². The standard InChI is InChI=1S/C22H19NO2S2/c1-15-18(13-17-9-5-6-10-19(17)25-15)14-20-21(24)23(22(26)27-20)12-11-16-7-3-2-4-8-16/h2-10,13-15H,11-12H2,1H3. The second-order valence-corrected chi connectivity index (χ2v) is 8.19. The fraction of sp³-hybridized carbons (Fsp3) is 0.182. The summed E-state index contributed by atoms with van der Waals surface area (Å²) in [5.41, 5.74) is 3.21. The van der Waals surface area contributed by atoms with Gasteiger partial charge in [-0.2, -0.15) is 0 Å². The van der Waals surface area contributed by atoms with Crippen molar-refractivity contribution in [2.24, 2.45) is 0 Å². The van der Waals surface area contributed by atoms with Gasteiger partial charge < -0.3 is 4.74 Å². The van der Waals surface area contributed by atoms with Crippen molar-refractivity contribution in [3.63, 3.8) is 0 Å². The highest BCUT2D eigenvalue weighted by Crippen LogP contribution is 2.35. The van der Waals surface area contributed by atoms with Crippen LogP contribution in [-0.2, 0) is 11.2 Å². The van der Waals surface area contributed by atoms with E-state index in [1.54, 1.807) is 4.90 Å². The van der Waals surface area contributed by atoms with Crippen molar-refractivity contribution in [3.05, 3.63) is 82.3 Å². The Labute approximate surface area is 168 Å². The van der Waals surface area contributed by atoms with Gasteiger partial charge in [-0.15, -0.1) is 0 Å². The van der Waals surface area contributed by atoms with Crippen LogP contribution < -0.4 is 4.74 Å². The van der Waals surface area contributed by atoms with Crippen molar-refractivity contribution in [1.82, 2.24) is 4.90 Å². The Kier molecular flexibility index (Phi) is 5.14. The fourth-order valence-corrected chi connectivity index (χ4v) is 4.46. The summed E-state index contributed by atoms with van der Waals surface area (Å²) >= 11 is 6.81. The van der Waals surface area contributed by atoms with E-state index in [4.69, 9.17) is 17.0 Å². The van der Waals surface area contributed by atoms with E-state index in [1.807, 2.05) is 55.5 Å². The van der Waals surface area contributed by atoms with E-state index in [2.05, 4.69) is 18.2 Å². The first-order valence-electron chi connectivity index (χ1n) is 8.88. The van der Waals surface area contributed by atoms with Gasteiger partial charge in [0.2, 0.25) is 0 Å². The Morgan fingerprint density at radius 2 is 1.89 bits per heavy atom. The van der Waals surface area contributed by atoms with Crippen molar-refractivity contribution >= 4 is 40.3 Å². The third kappa shape index (κ3) is 3.84. The first-order chi connectivity index (χ1) is 13.1. The van der Waals surface area contributed by atoms with E-state index in [9.17, 15) is 4.79 Å². The molecule has 1 atom stereocenters. The van der Waals surface area contributed by atoms with Crippen LogP contribution in [0.1, 0.15) is 18.1 Å². The summed E-state index contributed by atoms with van der Waals surface area (Å²) in [7, 11) is 0. The Morgan fingerprint density at radius 1 is 1.15 bits per heavy atom. The van der Waals surface area contributed by atoms with Gasteiger partial charge in [0.05, 0.1) is 4.91 Å². The van der Waals surface area contributed by atoms with Gasteiger partial charge in [-0.05, 0) is 42.7 Å². The number of hydrogen-bond acceptors (Lipinski definition) is 4. The lowest BCUT2D eigenvalue weighted by molar-refractivity contribution is -0.122. The zero-order valence-electron chi connectivity index (χ0n) is 14.9. The SMILES string of the molecule is CC1Oc2ccccc2C=C1C=C1SC(=S)N(CCc2ccccc2)C1=O. The van der Waals surface area contributed by atoms with Crippen LogP contribution in [0.15, 0.2) is 71.2 Å². The lowest BCUT2D eigenvalue weighted by Crippen LogP contribution is -2.30. The Bertz CT molecular complexity index is 950. The minimum absolute atomic E-state index is 0.0205. The number of para-hydroxylation sites is 1. The maximum atomic E-state index is 12.8. The number of ether oxygens (including phenoxy) is 1. The minimum Gasteiger partial charge on any atom is -0.485 e. The number of amides is 1. The van der Waals surface area contributed by atoms with E-state index in [1.165, 1.54) is 17.3 Å². The number of carbonyl (C=O) groups excluding carboxylic acids is 1.